The molecule has 1 fully saturated rings. The SMILES string of the molecule is O=C(CSc1ccc(Cl)cc1)Nc1nnc(C2CCCCC2)o1. The van der Waals surface area contributed by atoms with Crippen molar-refractivity contribution in [2.24, 2.45) is 0 Å². The highest BCUT2D eigenvalue weighted by Crippen LogP contribution is 2.32. The predicted octanol–water partition coefficient (Wildman–Crippen LogP) is 4.50. The van der Waals surface area contributed by atoms with Gasteiger partial charge < -0.3 is 4.42 Å². The van der Waals surface area contributed by atoms with Crippen LogP contribution in [0.25, 0.3) is 0 Å². The summed E-state index contributed by atoms with van der Waals surface area (Å²) in [5, 5.41) is 11.3. The number of benzene rings is 1. The molecule has 1 aliphatic rings. The number of amides is 1. The Morgan fingerprint density at radius 1 is 1.22 bits per heavy atom. The van der Waals surface area contributed by atoms with Gasteiger partial charge in [0.2, 0.25) is 11.8 Å². The Bertz CT molecular complexity index is 654. The summed E-state index contributed by atoms with van der Waals surface area (Å²) in [6, 6.07) is 7.56. The predicted molar refractivity (Wildman–Crippen MR) is 90.9 cm³/mol. The number of rotatable bonds is 5. The second-order valence-electron chi connectivity index (χ2n) is 5.57. The molecule has 1 amide bonds. The molecule has 0 spiro atoms. The van der Waals surface area contributed by atoms with E-state index in [4.69, 9.17) is 16.0 Å². The van der Waals surface area contributed by atoms with Gasteiger partial charge in [-0.25, -0.2) is 0 Å². The van der Waals surface area contributed by atoms with E-state index in [1.165, 1.54) is 31.0 Å². The number of nitrogens with zero attached hydrogens (tertiary/aromatic N) is 2. The maximum Gasteiger partial charge on any atom is 0.322 e. The molecule has 0 atom stereocenters. The van der Waals surface area contributed by atoms with Gasteiger partial charge in [0.1, 0.15) is 0 Å². The molecule has 122 valence electrons. The first-order valence-corrected chi connectivity index (χ1v) is 9.09. The largest absolute Gasteiger partial charge is 0.408 e. The second kappa shape index (κ2) is 7.84. The quantitative estimate of drug-likeness (QED) is 0.803. The van der Waals surface area contributed by atoms with Crippen LogP contribution in [0, 0.1) is 0 Å². The zero-order valence-electron chi connectivity index (χ0n) is 12.6. The van der Waals surface area contributed by atoms with Crippen molar-refractivity contribution in [3.63, 3.8) is 0 Å². The number of hydrogen-bond donors (Lipinski definition) is 1. The summed E-state index contributed by atoms with van der Waals surface area (Å²) in [6.07, 6.45) is 5.85. The fourth-order valence-corrected chi connectivity index (χ4v) is 3.46. The molecular weight excluding hydrogens is 334 g/mol. The van der Waals surface area contributed by atoms with Crippen molar-refractivity contribution in [2.45, 2.75) is 42.9 Å². The van der Waals surface area contributed by atoms with Gasteiger partial charge in [-0.2, -0.15) is 0 Å². The summed E-state index contributed by atoms with van der Waals surface area (Å²) in [5.74, 6) is 1.10. The summed E-state index contributed by atoms with van der Waals surface area (Å²) >= 11 is 7.26. The number of hydrogen-bond acceptors (Lipinski definition) is 5. The van der Waals surface area contributed by atoms with Crippen LogP contribution in [0.3, 0.4) is 0 Å². The smallest absolute Gasteiger partial charge is 0.322 e. The molecule has 0 unspecified atom stereocenters. The Kier molecular flexibility index (Phi) is 5.56. The Morgan fingerprint density at radius 3 is 2.70 bits per heavy atom. The molecule has 1 saturated carbocycles. The fourth-order valence-electron chi connectivity index (χ4n) is 2.63. The molecule has 1 aromatic heterocycles. The second-order valence-corrected chi connectivity index (χ2v) is 7.06. The lowest BCUT2D eigenvalue weighted by molar-refractivity contribution is -0.113. The number of thioether (sulfide) groups is 1. The number of halogens is 1. The molecule has 7 heteroatoms. The first kappa shape index (κ1) is 16.3. The highest BCUT2D eigenvalue weighted by atomic mass is 35.5. The van der Waals surface area contributed by atoms with Gasteiger partial charge in [-0.15, -0.1) is 16.9 Å². The summed E-state index contributed by atoms with van der Waals surface area (Å²) < 4.78 is 5.58. The van der Waals surface area contributed by atoms with Crippen LogP contribution in [0.4, 0.5) is 6.01 Å². The summed E-state index contributed by atoms with van der Waals surface area (Å²) in [6.45, 7) is 0. The molecule has 1 N–H and O–H groups in total. The van der Waals surface area contributed by atoms with Crippen molar-refractivity contribution in [2.75, 3.05) is 11.1 Å². The standard InChI is InChI=1S/C16H18ClN3O2S/c17-12-6-8-13(9-7-12)23-10-14(21)18-16-20-19-15(22-16)11-4-2-1-3-5-11/h6-9,11H,1-5,10H2,(H,18,20,21). The van der Waals surface area contributed by atoms with Gasteiger partial charge in [-0.05, 0) is 37.1 Å². The van der Waals surface area contributed by atoms with E-state index in [2.05, 4.69) is 15.5 Å². The number of carbonyl (C=O) groups is 1. The lowest BCUT2D eigenvalue weighted by Crippen LogP contribution is -2.14. The number of nitrogens with one attached hydrogen (secondary N) is 1. The van der Waals surface area contributed by atoms with E-state index >= 15 is 0 Å². The van der Waals surface area contributed by atoms with E-state index in [0.717, 1.165) is 17.7 Å². The van der Waals surface area contributed by atoms with E-state index in [9.17, 15) is 4.79 Å². The Hall–Kier alpha value is -1.53. The Labute approximate surface area is 144 Å². The maximum absolute atomic E-state index is 12.0. The minimum atomic E-state index is -0.163. The monoisotopic (exact) mass is 351 g/mol. The Balaban J connectivity index is 1.49. The number of carbonyl (C=O) groups excluding carboxylic acids is 1. The third-order valence-corrected chi connectivity index (χ3v) is 5.09. The van der Waals surface area contributed by atoms with Crippen molar-refractivity contribution in [3.05, 3.63) is 35.2 Å². The molecule has 0 aliphatic heterocycles. The van der Waals surface area contributed by atoms with Gasteiger partial charge in [0.05, 0.1) is 5.75 Å². The highest BCUT2D eigenvalue weighted by molar-refractivity contribution is 8.00. The lowest BCUT2D eigenvalue weighted by atomic mass is 9.89. The van der Waals surface area contributed by atoms with Crippen LogP contribution in [-0.2, 0) is 4.79 Å². The van der Waals surface area contributed by atoms with Crippen LogP contribution >= 0.6 is 23.4 Å². The van der Waals surface area contributed by atoms with E-state index in [-0.39, 0.29) is 17.7 Å². The lowest BCUT2D eigenvalue weighted by Gasteiger charge is -2.17. The van der Waals surface area contributed by atoms with Crippen molar-refractivity contribution < 1.29 is 9.21 Å². The van der Waals surface area contributed by atoms with Crippen LogP contribution in [0.1, 0.15) is 43.9 Å². The van der Waals surface area contributed by atoms with Crippen LogP contribution in [0.15, 0.2) is 33.6 Å². The molecule has 1 aromatic carbocycles. The average Bonchev–Trinajstić information content (AvgIpc) is 3.04. The zero-order chi connectivity index (χ0) is 16.1. The van der Waals surface area contributed by atoms with E-state index < -0.39 is 0 Å². The molecule has 1 aliphatic carbocycles. The summed E-state index contributed by atoms with van der Waals surface area (Å²) in [7, 11) is 0. The number of anilines is 1. The van der Waals surface area contributed by atoms with Crippen molar-refractivity contribution in [3.8, 4) is 0 Å². The third-order valence-electron chi connectivity index (χ3n) is 3.82. The average molecular weight is 352 g/mol. The summed E-state index contributed by atoms with van der Waals surface area (Å²) in [4.78, 5) is 12.9. The van der Waals surface area contributed by atoms with E-state index in [1.807, 2.05) is 12.1 Å². The molecule has 3 rings (SSSR count). The highest BCUT2D eigenvalue weighted by Gasteiger charge is 2.21. The van der Waals surface area contributed by atoms with Gasteiger partial charge >= 0.3 is 6.01 Å². The van der Waals surface area contributed by atoms with Crippen LogP contribution in [0.2, 0.25) is 5.02 Å². The van der Waals surface area contributed by atoms with Crippen LogP contribution in [-0.4, -0.2) is 21.9 Å². The molecule has 2 aromatic rings. The molecular formula is C16H18ClN3O2S. The number of aromatic nitrogens is 2. The van der Waals surface area contributed by atoms with Gasteiger partial charge in [0, 0.05) is 15.8 Å². The molecule has 0 radical (unpaired) electrons. The first-order valence-electron chi connectivity index (χ1n) is 7.72. The molecule has 1 heterocycles. The first-order chi connectivity index (χ1) is 11.2. The van der Waals surface area contributed by atoms with Gasteiger partial charge in [-0.3, -0.25) is 10.1 Å². The van der Waals surface area contributed by atoms with Crippen molar-refractivity contribution >= 4 is 35.3 Å². The fraction of sp³-hybridized carbons (Fsp3) is 0.438. The zero-order valence-corrected chi connectivity index (χ0v) is 14.2. The Morgan fingerprint density at radius 2 is 1.96 bits per heavy atom. The summed E-state index contributed by atoms with van der Waals surface area (Å²) in [5.41, 5.74) is 0. The van der Waals surface area contributed by atoms with Gasteiger partial charge in [-0.1, -0.05) is 36.0 Å². The molecule has 5 nitrogen and oxygen atoms in total. The van der Waals surface area contributed by atoms with Crippen LogP contribution in [0.5, 0.6) is 0 Å². The third kappa shape index (κ3) is 4.72. The van der Waals surface area contributed by atoms with Crippen molar-refractivity contribution in [1.82, 2.24) is 10.2 Å². The topological polar surface area (TPSA) is 68.0 Å². The van der Waals surface area contributed by atoms with Crippen LogP contribution < -0.4 is 5.32 Å². The van der Waals surface area contributed by atoms with Gasteiger partial charge in [0.25, 0.3) is 0 Å². The van der Waals surface area contributed by atoms with Crippen molar-refractivity contribution in [1.29, 1.82) is 0 Å². The molecule has 0 saturated heterocycles. The van der Waals surface area contributed by atoms with E-state index in [1.54, 1.807) is 12.1 Å². The molecule has 23 heavy (non-hydrogen) atoms. The molecule has 0 bridgehead atoms. The van der Waals surface area contributed by atoms with Gasteiger partial charge in [0.15, 0.2) is 0 Å². The normalized spacial score (nSPS) is 15.5. The minimum Gasteiger partial charge on any atom is -0.408 e. The van der Waals surface area contributed by atoms with E-state index in [0.29, 0.717) is 16.8 Å². The minimum absolute atomic E-state index is 0.163. The maximum atomic E-state index is 12.0.